The maximum Gasteiger partial charge on any atom is 0.248 e. The van der Waals surface area contributed by atoms with Crippen molar-refractivity contribution in [2.45, 2.75) is 58.0 Å². The van der Waals surface area contributed by atoms with Gasteiger partial charge < -0.3 is 15.0 Å². The number of anilines is 1. The van der Waals surface area contributed by atoms with Crippen LogP contribution in [0.2, 0.25) is 0 Å². The Morgan fingerprint density at radius 3 is 2.59 bits per heavy atom. The Hall–Kier alpha value is -2.90. The Morgan fingerprint density at radius 2 is 1.85 bits per heavy atom. The first-order valence-electron chi connectivity index (χ1n) is 12.3. The van der Waals surface area contributed by atoms with Gasteiger partial charge in [0.2, 0.25) is 11.8 Å². The number of ether oxygens (including phenoxy) is 1. The third-order valence-electron chi connectivity index (χ3n) is 7.10. The second-order valence-electron chi connectivity index (χ2n) is 9.46. The van der Waals surface area contributed by atoms with Crippen LogP contribution in [0.15, 0.2) is 48.5 Å². The molecule has 0 aromatic heterocycles. The van der Waals surface area contributed by atoms with E-state index < -0.39 is 6.04 Å². The van der Waals surface area contributed by atoms with Crippen LogP contribution in [0.1, 0.15) is 49.7 Å². The molecule has 2 amide bonds. The van der Waals surface area contributed by atoms with Gasteiger partial charge in [0.1, 0.15) is 18.4 Å². The molecule has 4 rings (SSSR count). The quantitative estimate of drug-likeness (QED) is 0.405. The van der Waals surface area contributed by atoms with Crippen molar-refractivity contribution in [3.8, 4) is 5.75 Å². The standard InChI is InChI=1S/C27H35N3O4/c1-19-11-13-20(14-12-19)17-30-24-9-5-6-10-25(24)34-18-23(27(30)32)28-16-15-22(26(31)29-33)21-7-3-2-4-8-21/h5-6,9-14,21-23,28,33H,2-4,7-8,15-18H2,1H3,(H,29,31)/t22-,23-/m0/s1. The molecule has 0 radical (unpaired) electrons. The normalized spacial score (nSPS) is 19.6. The Balaban J connectivity index is 1.46. The van der Waals surface area contributed by atoms with Gasteiger partial charge in [-0.2, -0.15) is 0 Å². The van der Waals surface area contributed by atoms with Gasteiger partial charge in [0.15, 0.2) is 0 Å². The Bertz CT molecular complexity index is 972. The number of carbonyl (C=O) groups is 2. The zero-order chi connectivity index (χ0) is 23.9. The van der Waals surface area contributed by atoms with E-state index in [9.17, 15) is 14.8 Å². The summed E-state index contributed by atoms with van der Waals surface area (Å²) < 4.78 is 6.02. The maximum absolute atomic E-state index is 13.6. The van der Waals surface area contributed by atoms with Gasteiger partial charge in [-0.25, -0.2) is 5.48 Å². The summed E-state index contributed by atoms with van der Waals surface area (Å²) in [4.78, 5) is 27.7. The zero-order valence-corrected chi connectivity index (χ0v) is 19.8. The number of rotatable bonds is 8. The molecular weight excluding hydrogens is 430 g/mol. The SMILES string of the molecule is Cc1ccc(CN2C(=O)[C@@H](NCC[C@H](C(=O)NO)C3CCCCC3)COc3ccccc32)cc1. The fourth-order valence-corrected chi connectivity index (χ4v) is 5.15. The minimum absolute atomic E-state index is 0.0497. The third kappa shape index (κ3) is 5.77. The molecule has 0 saturated heterocycles. The fourth-order valence-electron chi connectivity index (χ4n) is 5.15. The lowest BCUT2D eigenvalue weighted by Crippen LogP contribution is -2.49. The molecule has 0 bridgehead atoms. The molecule has 1 heterocycles. The van der Waals surface area contributed by atoms with Gasteiger partial charge >= 0.3 is 0 Å². The Kier molecular flexibility index (Phi) is 8.19. The summed E-state index contributed by atoms with van der Waals surface area (Å²) in [6.45, 7) is 3.21. The summed E-state index contributed by atoms with van der Waals surface area (Å²) in [6, 6.07) is 15.3. The van der Waals surface area contributed by atoms with Crippen LogP contribution in [-0.2, 0) is 16.1 Å². The summed E-state index contributed by atoms with van der Waals surface area (Å²) in [5.74, 6) is 0.315. The molecule has 0 spiro atoms. The van der Waals surface area contributed by atoms with E-state index in [-0.39, 0.29) is 30.3 Å². The lowest BCUT2D eigenvalue weighted by molar-refractivity contribution is -0.135. The van der Waals surface area contributed by atoms with Gasteiger partial charge in [0.05, 0.1) is 12.2 Å². The number of fused-ring (bicyclic) bond motifs is 1. The second kappa shape index (κ2) is 11.5. The van der Waals surface area contributed by atoms with E-state index in [0.29, 0.717) is 25.3 Å². The topological polar surface area (TPSA) is 90.9 Å². The van der Waals surface area contributed by atoms with Crippen LogP contribution in [0.4, 0.5) is 5.69 Å². The summed E-state index contributed by atoms with van der Waals surface area (Å²) in [7, 11) is 0. The van der Waals surface area contributed by atoms with Gasteiger partial charge in [-0.3, -0.25) is 14.8 Å². The summed E-state index contributed by atoms with van der Waals surface area (Å²) >= 11 is 0. The number of nitrogens with one attached hydrogen (secondary N) is 2. The number of aryl methyl sites for hydroxylation is 1. The molecular formula is C27H35N3O4. The van der Waals surface area contributed by atoms with Crippen LogP contribution >= 0.6 is 0 Å². The van der Waals surface area contributed by atoms with Gasteiger partial charge in [-0.1, -0.05) is 61.2 Å². The smallest absolute Gasteiger partial charge is 0.248 e. The van der Waals surface area contributed by atoms with Crippen LogP contribution in [0.5, 0.6) is 5.75 Å². The highest BCUT2D eigenvalue weighted by Gasteiger charge is 2.33. The molecule has 3 N–H and O–H groups in total. The zero-order valence-electron chi connectivity index (χ0n) is 19.8. The van der Waals surface area contributed by atoms with Crippen molar-refractivity contribution in [3.05, 3.63) is 59.7 Å². The molecule has 1 aliphatic heterocycles. The average Bonchev–Trinajstić information content (AvgIpc) is 3.00. The van der Waals surface area contributed by atoms with Crippen molar-refractivity contribution >= 4 is 17.5 Å². The fraction of sp³-hybridized carbons (Fsp3) is 0.481. The molecule has 2 atom stereocenters. The highest BCUT2D eigenvalue weighted by atomic mass is 16.5. The van der Waals surface area contributed by atoms with Gasteiger partial charge in [0.25, 0.3) is 0 Å². The molecule has 1 aliphatic carbocycles. The largest absolute Gasteiger partial charge is 0.489 e. The molecule has 0 unspecified atom stereocenters. The van der Waals surface area contributed by atoms with Crippen molar-refractivity contribution in [2.75, 3.05) is 18.1 Å². The molecule has 34 heavy (non-hydrogen) atoms. The molecule has 2 aromatic rings. The number of hydrogen-bond acceptors (Lipinski definition) is 5. The monoisotopic (exact) mass is 465 g/mol. The van der Waals surface area contributed by atoms with Gasteiger partial charge in [-0.05, 0) is 56.3 Å². The van der Waals surface area contributed by atoms with Gasteiger partial charge in [-0.15, -0.1) is 0 Å². The summed E-state index contributed by atoms with van der Waals surface area (Å²) in [5, 5.41) is 12.6. The van der Waals surface area contributed by atoms with Gasteiger partial charge in [0, 0.05) is 5.92 Å². The molecule has 7 heteroatoms. The molecule has 2 aromatic carbocycles. The molecule has 1 saturated carbocycles. The molecule has 182 valence electrons. The summed E-state index contributed by atoms with van der Waals surface area (Å²) in [5.41, 5.74) is 4.84. The van der Waals surface area contributed by atoms with Crippen molar-refractivity contribution in [1.29, 1.82) is 0 Å². The van der Waals surface area contributed by atoms with Crippen LogP contribution in [0.25, 0.3) is 0 Å². The Morgan fingerprint density at radius 1 is 1.12 bits per heavy atom. The first-order valence-corrected chi connectivity index (χ1v) is 12.3. The number of nitrogens with zero attached hydrogens (tertiary/aromatic N) is 1. The number of hydrogen-bond donors (Lipinski definition) is 3. The summed E-state index contributed by atoms with van der Waals surface area (Å²) in [6.07, 6.45) is 6.01. The van der Waals surface area contributed by atoms with E-state index in [2.05, 4.69) is 5.32 Å². The van der Waals surface area contributed by atoms with Crippen LogP contribution in [0.3, 0.4) is 0 Å². The number of benzene rings is 2. The highest BCUT2D eigenvalue weighted by Crippen LogP contribution is 2.33. The first kappa shape index (κ1) is 24.2. The lowest BCUT2D eigenvalue weighted by atomic mass is 9.78. The molecule has 7 nitrogen and oxygen atoms in total. The lowest BCUT2D eigenvalue weighted by Gasteiger charge is -2.29. The minimum Gasteiger partial charge on any atom is -0.489 e. The second-order valence-corrected chi connectivity index (χ2v) is 9.46. The van der Waals surface area contributed by atoms with Crippen LogP contribution in [0, 0.1) is 18.8 Å². The van der Waals surface area contributed by atoms with E-state index in [0.717, 1.165) is 36.9 Å². The molecule has 2 aliphatic rings. The highest BCUT2D eigenvalue weighted by molar-refractivity contribution is 5.99. The van der Waals surface area contributed by atoms with E-state index >= 15 is 0 Å². The molecule has 1 fully saturated rings. The predicted molar refractivity (Wildman–Crippen MR) is 131 cm³/mol. The van der Waals surface area contributed by atoms with E-state index in [4.69, 9.17) is 4.74 Å². The van der Waals surface area contributed by atoms with Crippen LogP contribution < -0.4 is 20.4 Å². The van der Waals surface area contributed by atoms with Crippen molar-refractivity contribution in [1.82, 2.24) is 10.8 Å². The third-order valence-corrected chi connectivity index (χ3v) is 7.10. The number of carbonyl (C=O) groups excluding carboxylic acids is 2. The Labute approximate surface area is 201 Å². The van der Waals surface area contributed by atoms with E-state index in [1.165, 1.54) is 12.0 Å². The number of hydroxylamine groups is 1. The van der Waals surface area contributed by atoms with E-state index in [1.54, 1.807) is 4.90 Å². The minimum atomic E-state index is -0.526. The average molecular weight is 466 g/mol. The van der Waals surface area contributed by atoms with Crippen molar-refractivity contribution in [2.24, 2.45) is 11.8 Å². The van der Waals surface area contributed by atoms with Crippen LogP contribution in [-0.4, -0.2) is 36.2 Å². The van der Waals surface area contributed by atoms with E-state index in [1.807, 2.05) is 60.9 Å². The van der Waals surface area contributed by atoms with Crippen molar-refractivity contribution < 1.29 is 19.5 Å². The number of para-hydroxylation sites is 2. The number of amides is 2. The predicted octanol–water partition coefficient (Wildman–Crippen LogP) is 3.97. The first-order chi connectivity index (χ1) is 16.6. The maximum atomic E-state index is 13.6. The van der Waals surface area contributed by atoms with Crippen molar-refractivity contribution in [3.63, 3.8) is 0 Å².